The van der Waals surface area contributed by atoms with E-state index >= 15 is 0 Å². The fourth-order valence-corrected chi connectivity index (χ4v) is 3.51. The topological polar surface area (TPSA) is 109 Å². The number of nitrogens with one attached hydrogen (secondary N) is 3. The molecule has 0 aliphatic heterocycles. The van der Waals surface area contributed by atoms with Gasteiger partial charge in [0, 0.05) is 28.5 Å². The van der Waals surface area contributed by atoms with E-state index in [-0.39, 0.29) is 5.91 Å². The number of H-pyrrole nitrogens is 1. The Morgan fingerprint density at radius 2 is 1.66 bits per heavy atom. The van der Waals surface area contributed by atoms with Crippen LogP contribution in [-0.2, 0) is 0 Å². The number of hydrogen-bond acceptors (Lipinski definition) is 5. The van der Waals surface area contributed by atoms with Crippen LogP contribution in [0.5, 0.6) is 0 Å². The molecular formula is C25H20N6O. The van der Waals surface area contributed by atoms with E-state index in [0.717, 1.165) is 27.7 Å². The number of carbonyl (C=O) groups is 1. The molecule has 0 aliphatic rings. The Kier molecular flexibility index (Phi) is 4.97. The van der Waals surface area contributed by atoms with E-state index in [1.807, 2.05) is 72.8 Å². The monoisotopic (exact) mass is 420 g/mol. The number of anilines is 4. The van der Waals surface area contributed by atoms with E-state index in [9.17, 15) is 4.79 Å². The van der Waals surface area contributed by atoms with Crippen molar-refractivity contribution in [2.75, 3.05) is 16.4 Å². The van der Waals surface area contributed by atoms with Gasteiger partial charge in [0.05, 0.1) is 5.52 Å². The molecule has 0 fully saturated rings. The highest BCUT2D eigenvalue weighted by Crippen LogP contribution is 2.28. The van der Waals surface area contributed by atoms with E-state index in [0.29, 0.717) is 22.9 Å². The lowest BCUT2D eigenvalue weighted by Crippen LogP contribution is -2.11. The lowest BCUT2D eigenvalue weighted by Gasteiger charge is -2.10. The van der Waals surface area contributed by atoms with Crippen molar-refractivity contribution in [3.8, 4) is 11.1 Å². The predicted octanol–water partition coefficient (Wildman–Crippen LogP) is 5.20. The van der Waals surface area contributed by atoms with Crippen molar-refractivity contribution >= 4 is 39.8 Å². The molecule has 0 saturated heterocycles. The third kappa shape index (κ3) is 3.99. The smallest absolute Gasteiger partial charge is 0.255 e. The van der Waals surface area contributed by atoms with Gasteiger partial charge in [-0.1, -0.05) is 30.3 Å². The second kappa shape index (κ2) is 8.23. The van der Waals surface area contributed by atoms with Gasteiger partial charge in [-0.3, -0.25) is 9.89 Å². The highest BCUT2D eigenvalue weighted by molar-refractivity contribution is 6.04. The predicted molar refractivity (Wildman–Crippen MR) is 128 cm³/mol. The van der Waals surface area contributed by atoms with Gasteiger partial charge in [0.25, 0.3) is 5.91 Å². The van der Waals surface area contributed by atoms with E-state index in [1.54, 1.807) is 18.3 Å². The van der Waals surface area contributed by atoms with Gasteiger partial charge in [-0.05, 0) is 65.7 Å². The van der Waals surface area contributed by atoms with Crippen molar-refractivity contribution in [1.29, 1.82) is 0 Å². The van der Waals surface area contributed by atoms with Crippen molar-refractivity contribution in [2.24, 2.45) is 0 Å². The highest BCUT2D eigenvalue weighted by atomic mass is 16.1. The average molecular weight is 420 g/mol. The molecule has 0 unspecified atom stereocenters. The Balaban J connectivity index is 1.36. The fraction of sp³-hybridized carbons (Fsp3) is 0. The largest absolute Gasteiger partial charge is 0.382 e. The van der Waals surface area contributed by atoms with Crippen LogP contribution in [0.3, 0.4) is 0 Å². The molecule has 0 saturated carbocycles. The number of rotatable bonds is 5. The third-order valence-electron chi connectivity index (χ3n) is 5.11. The van der Waals surface area contributed by atoms with Crippen LogP contribution in [-0.4, -0.2) is 21.1 Å². The minimum atomic E-state index is -0.156. The number of hydrogen-bond donors (Lipinski definition) is 4. The minimum Gasteiger partial charge on any atom is -0.382 e. The van der Waals surface area contributed by atoms with Crippen molar-refractivity contribution < 1.29 is 4.79 Å². The van der Waals surface area contributed by atoms with Gasteiger partial charge in [0.15, 0.2) is 5.82 Å². The minimum absolute atomic E-state index is 0.156. The molecule has 0 bridgehead atoms. The zero-order chi connectivity index (χ0) is 21.9. The first-order valence-electron chi connectivity index (χ1n) is 10.1. The molecule has 0 radical (unpaired) electrons. The number of nitrogens with zero attached hydrogens (tertiary/aromatic N) is 2. The summed E-state index contributed by atoms with van der Waals surface area (Å²) in [6, 6.07) is 26.5. The molecule has 32 heavy (non-hydrogen) atoms. The molecule has 5 N–H and O–H groups in total. The molecular weight excluding hydrogens is 400 g/mol. The summed E-state index contributed by atoms with van der Waals surface area (Å²) in [5, 5.41) is 14.1. The molecule has 156 valence electrons. The Morgan fingerprint density at radius 3 is 2.53 bits per heavy atom. The number of nitrogen functional groups attached to an aromatic ring is 1. The quantitative estimate of drug-likeness (QED) is 0.312. The van der Waals surface area contributed by atoms with Crippen LogP contribution in [0.1, 0.15) is 10.4 Å². The summed E-state index contributed by atoms with van der Waals surface area (Å²) in [5.41, 5.74) is 11.0. The van der Waals surface area contributed by atoms with Gasteiger partial charge < -0.3 is 16.4 Å². The number of pyridine rings is 1. The van der Waals surface area contributed by atoms with Gasteiger partial charge in [0.2, 0.25) is 0 Å². The molecule has 0 spiro atoms. The van der Waals surface area contributed by atoms with Gasteiger partial charge in [-0.15, -0.1) is 0 Å². The summed E-state index contributed by atoms with van der Waals surface area (Å²) in [4.78, 5) is 16.8. The van der Waals surface area contributed by atoms with Crippen LogP contribution in [0.4, 0.5) is 23.0 Å². The molecule has 3 aromatic carbocycles. The van der Waals surface area contributed by atoms with Crippen LogP contribution in [0.15, 0.2) is 91.1 Å². The molecule has 1 amide bonds. The first-order valence-corrected chi connectivity index (χ1v) is 10.1. The van der Waals surface area contributed by atoms with E-state index in [1.165, 1.54) is 0 Å². The van der Waals surface area contributed by atoms with Crippen LogP contribution < -0.4 is 16.4 Å². The summed E-state index contributed by atoms with van der Waals surface area (Å²) in [7, 11) is 0. The van der Waals surface area contributed by atoms with Gasteiger partial charge in [-0.25, -0.2) is 4.98 Å². The van der Waals surface area contributed by atoms with E-state index in [4.69, 9.17) is 5.73 Å². The maximum atomic E-state index is 12.4. The van der Waals surface area contributed by atoms with Crippen molar-refractivity contribution in [3.05, 3.63) is 96.7 Å². The Labute approximate surface area is 184 Å². The van der Waals surface area contributed by atoms with Crippen LogP contribution >= 0.6 is 0 Å². The van der Waals surface area contributed by atoms with Crippen LogP contribution in [0.25, 0.3) is 22.0 Å². The summed E-state index contributed by atoms with van der Waals surface area (Å²) >= 11 is 0. The normalized spacial score (nSPS) is 10.8. The first kappa shape index (κ1) is 19.3. The summed E-state index contributed by atoms with van der Waals surface area (Å²) in [6.45, 7) is 0. The molecule has 7 nitrogen and oxygen atoms in total. The summed E-state index contributed by atoms with van der Waals surface area (Å²) < 4.78 is 0. The Bertz CT molecular complexity index is 1410. The molecule has 0 atom stereocenters. The summed E-state index contributed by atoms with van der Waals surface area (Å²) in [5.74, 6) is 1.01. The summed E-state index contributed by atoms with van der Waals surface area (Å²) in [6.07, 6.45) is 1.75. The number of nitrogens with two attached hydrogens (primary N) is 1. The van der Waals surface area contributed by atoms with E-state index in [2.05, 4.69) is 25.8 Å². The second-order valence-corrected chi connectivity index (χ2v) is 7.32. The number of amides is 1. The van der Waals surface area contributed by atoms with Crippen LogP contribution in [0, 0.1) is 0 Å². The van der Waals surface area contributed by atoms with Gasteiger partial charge in [-0.2, -0.15) is 5.10 Å². The van der Waals surface area contributed by atoms with Crippen LogP contribution in [0.2, 0.25) is 0 Å². The second-order valence-electron chi connectivity index (χ2n) is 7.32. The SMILES string of the molecule is Nc1n[nH]c2ccc(-c3ccnc(Nc4cccc(NC(=O)c5ccccc5)c4)c3)cc12. The first-order chi connectivity index (χ1) is 15.7. The van der Waals surface area contributed by atoms with Crippen molar-refractivity contribution in [2.45, 2.75) is 0 Å². The number of carbonyl (C=O) groups excluding carboxylic acids is 1. The molecule has 5 aromatic rings. The Hall–Kier alpha value is -4.65. The molecule has 5 rings (SSSR count). The average Bonchev–Trinajstić information content (AvgIpc) is 3.20. The number of fused-ring (bicyclic) bond motifs is 1. The maximum Gasteiger partial charge on any atom is 0.255 e. The van der Waals surface area contributed by atoms with Gasteiger partial charge in [0.1, 0.15) is 5.82 Å². The van der Waals surface area contributed by atoms with Crippen molar-refractivity contribution in [1.82, 2.24) is 15.2 Å². The molecule has 2 heterocycles. The number of aromatic amines is 1. The van der Waals surface area contributed by atoms with Crippen molar-refractivity contribution in [3.63, 3.8) is 0 Å². The molecule has 2 aromatic heterocycles. The highest BCUT2D eigenvalue weighted by Gasteiger charge is 2.08. The van der Waals surface area contributed by atoms with Gasteiger partial charge >= 0.3 is 0 Å². The lowest BCUT2D eigenvalue weighted by atomic mass is 10.0. The molecule has 7 heteroatoms. The standard InChI is InChI=1S/C25H20N6O/c26-24-21-13-17(9-10-22(21)30-31-24)18-11-12-27-23(14-18)28-19-7-4-8-20(15-19)29-25(32)16-5-2-1-3-6-16/h1-15H,(H,27,28)(H,29,32)(H3,26,30,31). The number of benzene rings is 3. The zero-order valence-electron chi connectivity index (χ0n) is 17.0. The zero-order valence-corrected chi connectivity index (χ0v) is 17.0. The van der Waals surface area contributed by atoms with E-state index < -0.39 is 0 Å². The lowest BCUT2D eigenvalue weighted by molar-refractivity contribution is 0.102. The Morgan fingerprint density at radius 1 is 0.844 bits per heavy atom. The third-order valence-corrected chi connectivity index (χ3v) is 5.11. The fourth-order valence-electron chi connectivity index (χ4n) is 3.51. The molecule has 0 aliphatic carbocycles. The maximum absolute atomic E-state index is 12.4. The number of aromatic nitrogens is 3.